The Morgan fingerprint density at radius 2 is 1.93 bits per heavy atom. The number of rotatable bonds is 7. The van der Waals surface area contributed by atoms with Crippen molar-refractivity contribution in [2.45, 2.75) is 53.1 Å². The number of carbonyl (C=O) groups excluding carboxylic acids is 1. The van der Waals surface area contributed by atoms with E-state index in [-0.39, 0.29) is 23.9 Å². The summed E-state index contributed by atoms with van der Waals surface area (Å²) in [5, 5.41) is 3.81. The summed E-state index contributed by atoms with van der Waals surface area (Å²) < 4.78 is 1.54. The van der Waals surface area contributed by atoms with E-state index in [2.05, 4.69) is 24.1 Å². The van der Waals surface area contributed by atoms with Crippen LogP contribution in [0, 0.1) is 19.8 Å². The molecule has 0 aliphatic carbocycles. The minimum Gasteiger partial charge on any atom is -0.349 e. The van der Waals surface area contributed by atoms with Crippen LogP contribution in [0.2, 0.25) is 0 Å². The predicted molar refractivity (Wildman–Crippen MR) is 115 cm³/mol. The second-order valence-corrected chi connectivity index (χ2v) is 8.82. The van der Waals surface area contributed by atoms with E-state index < -0.39 is 0 Å². The molecule has 28 heavy (non-hydrogen) atoms. The van der Waals surface area contributed by atoms with Crippen molar-refractivity contribution in [1.29, 1.82) is 0 Å². The summed E-state index contributed by atoms with van der Waals surface area (Å²) >= 11 is 1.53. The van der Waals surface area contributed by atoms with Crippen molar-refractivity contribution in [3.63, 3.8) is 0 Å². The first-order valence-corrected chi connectivity index (χ1v) is 10.5. The van der Waals surface area contributed by atoms with Gasteiger partial charge in [0.15, 0.2) is 0 Å². The number of carbonyl (C=O) groups is 1. The molecule has 6 heteroatoms. The van der Waals surface area contributed by atoms with E-state index >= 15 is 0 Å². The van der Waals surface area contributed by atoms with Crippen molar-refractivity contribution in [3.05, 3.63) is 63.0 Å². The SMILES string of the molecule is Cc1sc2ncn(CCC(=O)NC(CC(C)C)c3ccccc3)c(=O)c2c1C. The molecule has 1 atom stereocenters. The lowest BCUT2D eigenvalue weighted by Gasteiger charge is -2.21. The van der Waals surface area contributed by atoms with Gasteiger partial charge in [0.1, 0.15) is 4.83 Å². The first-order valence-electron chi connectivity index (χ1n) is 9.66. The van der Waals surface area contributed by atoms with E-state index in [1.807, 2.05) is 44.2 Å². The summed E-state index contributed by atoms with van der Waals surface area (Å²) in [6, 6.07) is 10.0. The van der Waals surface area contributed by atoms with Crippen molar-refractivity contribution >= 4 is 27.5 Å². The molecule has 2 heterocycles. The Kier molecular flexibility index (Phi) is 6.29. The van der Waals surface area contributed by atoms with E-state index in [9.17, 15) is 9.59 Å². The topological polar surface area (TPSA) is 64.0 Å². The molecule has 0 saturated carbocycles. The van der Waals surface area contributed by atoms with Gasteiger partial charge in [0.2, 0.25) is 5.91 Å². The third-order valence-electron chi connectivity index (χ3n) is 4.98. The summed E-state index contributed by atoms with van der Waals surface area (Å²) in [5.41, 5.74) is 2.02. The van der Waals surface area contributed by atoms with Crippen LogP contribution in [0.1, 0.15) is 48.7 Å². The second kappa shape index (κ2) is 8.69. The Balaban J connectivity index is 1.71. The number of hydrogen-bond acceptors (Lipinski definition) is 4. The zero-order chi connectivity index (χ0) is 20.3. The van der Waals surface area contributed by atoms with Crippen LogP contribution < -0.4 is 10.9 Å². The van der Waals surface area contributed by atoms with E-state index in [1.165, 1.54) is 11.3 Å². The Morgan fingerprint density at radius 3 is 2.61 bits per heavy atom. The standard InChI is InChI=1S/C22H27N3O2S/c1-14(2)12-18(17-8-6-5-7-9-17)24-19(26)10-11-25-13-23-21-20(22(25)27)15(3)16(4)28-21/h5-9,13-14,18H,10-12H2,1-4H3,(H,24,26). The van der Waals surface area contributed by atoms with Gasteiger partial charge >= 0.3 is 0 Å². The van der Waals surface area contributed by atoms with Crippen LogP contribution in [0.5, 0.6) is 0 Å². The number of aromatic nitrogens is 2. The molecule has 0 aliphatic rings. The highest BCUT2D eigenvalue weighted by atomic mass is 32.1. The van der Waals surface area contributed by atoms with Crippen LogP contribution in [-0.4, -0.2) is 15.5 Å². The minimum absolute atomic E-state index is 0.0206. The van der Waals surface area contributed by atoms with Crippen LogP contribution in [-0.2, 0) is 11.3 Å². The quantitative estimate of drug-likeness (QED) is 0.644. The van der Waals surface area contributed by atoms with Crippen LogP contribution in [0.4, 0.5) is 0 Å². The zero-order valence-corrected chi connectivity index (χ0v) is 17.7. The molecule has 0 radical (unpaired) electrons. The van der Waals surface area contributed by atoms with Gasteiger partial charge in [0.25, 0.3) is 5.56 Å². The van der Waals surface area contributed by atoms with Crippen molar-refractivity contribution < 1.29 is 4.79 Å². The molecule has 1 unspecified atom stereocenters. The first-order chi connectivity index (χ1) is 13.4. The molecule has 1 amide bonds. The lowest BCUT2D eigenvalue weighted by Crippen LogP contribution is -2.31. The second-order valence-electron chi connectivity index (χ2n) is 7.62. The average Bonchev–Trinajstić information content (AvgIpc) is 2.96. The number of aryl methyl sites for hydroxylation is 3. The Bertz CT molecular complexity index is 1020. The molecular weight excluding hydrogens is 370 g/mol. The van der Waals surface area contributed by atoms with Gasteiger partial charge in [0, 0.05) is 17.8 Å². The monoisotopic (exact) mass is 397 g/mol. The number of thiophene rings is 1. The van der Waals surface area contributed by atoms with Gasteiger partial charge in [-0.25, -0.2) is 4.98 Å². The van der Waals surface area contributed by atoms with E-state index in [0.29, 0.717) is 17.8 Å². The van der Waals surface area contributed by atoms with Crippen molar-refractivity contribution in [2.24, 2.45) is 5.92 Å². The fourth-order valence-electron chi connectivity index (χ4n) is 3.35. The molecule has 0 fully saturated rings. The predicted octanol–water partition coefficient (Wildman–Crippen LogP) is 4.37. The van der Waals surface area contributed by atoms with E-state index in [0.717, 1.165) is 27.3 Å². The van der Waals surface area contributed by atoms with Crippen LogP contribution in [0.15, 0.2) is 41.5 Å². The fraction of sp³-hybridized carbons (Fsp3) is 0.409. The van der Waals surface area contributed by atoms with Crippen molar-refractivity contribution in [3.8, 4) is 0 Å². The van der Waals surface area contributed by atoms with E-state index in [4.69, 9.17) is 0 Å². The van der Waals surface area contributed by atoms with Gasteiger partial charge in [0.05, 0.1) is 17.8 Å². The number of hydrogen-bond donors (Lipinski definition) is 1. The van der Waals surface area contributed by atoms with Gasteiger partial charge in [-0.05, 0) is 37.3 Å². The third-order valence-corrected chi connectivity index (χ3v) is 6.10. The molecule has 2 aromatic heterocycles. The molecule has 5 nitrogen and oxygen atoms in total. The molecule has 1 aromatic carbocycles. The molecule has 3 aromatic rings. The Morgan fingerprint density at radius 1 is 1.21 bits per heavy atom. The normalized spacial score (nSPS) is 12.5. The highest BCUT2D eigenvalue weighted by Crippen LogP contribution is 2.25. The molecule has 0 saturated heterocycles. The summed E-state index contributed by atoms with van der Waals surface area (Å²) in [6.45, 7) is 8.56. The molecule has 0 bridgehead atoms. The minimum atomic E-state index is -0.0681. The van der Waals surface area contributed by atoms with Gasteiger partial charge in [-0.3, -0.25) is 14.2 Å². The Labute approximate surface area is 169 Å². The van der Waals surface area contributed by atoms with E-state index in [1.54, 1.807) is 10.9 Å². The molecule has 0 spiro atoms. The summed E-state index contributed by atoms with van der Waals surface area (Å²) in [6.07, 6.45) is 2.67. The number of amides is 1. The summed E-state index contributed by atoms with van der Waals surface area (Å²) in [7, 11) is 0. The highest BCUT2D eigenvalue weighted by molar-refractivity contribution is 7.18. The number of nitrogens with one attached hydrogen (secondary N) is 1. The first kappa shape index (κ1) is 20.3. The lowest BCUT2D eigenvalue weighted by molar-refractivity contribution is -0.122. The Hall–Kier alpha value is -2.47. The number of benzene rings is 1. The number of fused-ring (bicyclic) bond motifs is 1. The summed E-state index contributed by atoms with van der Waals surface area (Å²) in [4.78, 5) is 31.6. The molecule has 3 rings (SSSR count). The molecule has 0 aliphatic heterocycles. The van der Waals surface area contributed by atoms with Crippen LogP contribution in [0.25, 0.3) is 10.2 Å². The maximum Gasteiger partial charge on any atom is 0.262 e. The molecule has 148 valence electrons. The van der Waals surface area contributed by atoms with Crippen LogP contribution in [0.3, 0.4) is 0 Å². The van der Waals surface area contributed by atoms with Crippen molar-refractivity contribution in [1.82, 2.24) is 14.9 Å². The smallest absolute Gasteiger partial charge is 0.262 e. The molecular formula is C22H27N3O2S. The van der Waals surface area contributed by atoms with Crippen molar-refractivity contribution in [2.75, 3.05) is 0 Å². The van der Waals surface area contributed by atoms with Crippen LogP contribution >= 0.6 is 11.3 Å². The highest BCUT2D eigenvalue weighted by Gasteiger charge is 2.17. The maximum absolute atomic E-state index is 12.8. The van der Waals surface area contributed by atoms with Gasteiger partial charge in [-0.1, -0.05) is 44.2 Å². The van der Waals surface area contributed by atoms with Gasteiger partial charge in [-0.2, -0.15) is 0 Å². The summed E-state index contributed by atoms with van der Waals surface area (Å²) in [5.74, 6) is 0.407. The van der Waals surface area contributed by atoms with Gasteiger partial charge in [-0.15, -0.1) is 11.3 Å². The largest absolute Gasteiger partial charge is 0.349 e. The zero-order valence-electron chi connectivity index (χ0n) is 16.9. The average molecular weight is 398 g/mol. The third kappa shape index (κ3) is 4.50. The number of nitrogens with zero attached hydrogens (tertiary/aromatic N) is 2. The maximum atomic E-state index is 12.8. The molecule has 1 N–H and O–H groups in total. The van der Waals surface area contributed by atoms with Gasteiger partial charge < -0.3 is 5.32 Å². The lowest BCUT2D eigenvalue weighted by atomic mass is 9.97. The fourth-order valence-corrected chi connectivity index (χ4v) is 4.34.